The molecule has 0 amide bonds. The fourth-order valence-electron chi connectivity index (χ4n) is 0.395. The van der Waals surface area contributed by atoms with Gasteiger partial charge in [0.2, 0.25) is 0 Å². The third-order valence-corrected chi connectivity index (χ3v) is 1.35. The van der Waals surface area contributed by atoms with Crippen LogP contribution in [0.4, 0.5) is 0 Å². The molecule has 8 heavy (non-hydrogen) atoms. The first-order chi connectivity index (χ1) is 3.89. The van der Waals surface area contributed by atoms with Gasteiger partial charge in [-0.15, -0.1) is 11.8 Å². The van der Waals surface area contributed by atoms with Crippen LogP contribution in [0.15, 0.2) is 35.4 Å². The fourth-order valence-corrected chi connectivity index (χ4v) is 0.875. The molecule has 0 aromatic rings. The summed E-state index contributed by atoms with van der Waals surface area (Å²) in [6, 6.07) is 0. The van der Waals surface area contributed by atoms with E-state index in [9.17, 15) is 0 Å². The van der Waals surface area contributed by atoms with Gasteiger partial charge in [0.15, 0.2) is 0 Å². The zero-order chi connectivity index (χ0) is 5.82. The maximum atomic E-state index is 3.71. The minimum atomic E-state index is 0.936. The molecule has 0 radical (unpaired) electrons. The number of rotatable bonds is 0. The molecule has 0 aromatic heterocycles. The Bertz CT molecular complexity index is 147. The normalized spacial score (nSPS) is 17.8. The molecule has 42 valence electrons. The molecule has 0 atom stereocenters. The topological polar surface area (TPSA) is 12.0 Å². The Balaban J connectivity index is 2.61. The smallest absolute Gasteiger partial charge is 0.0312 e. The van der Waals surface area contributed by atoms with Crippen LogP contribution in [0.25, 0.3) is 0 Å². The van der Waals surface area contributed by atoms with Crippen LogP contribution in [0.3, 0.4) is 0 Å². The molecule has 1 aliphatic heterocycles. The van der Waals surface area contributed by atoms with Crippen LogP contribution in [-0.2, 0) is 0 Å². The summed E-state index contributed by atoms with van der Waals surface area (Å²) in [5.74, 6) is 0. The predicted molar refractivity (Wildman–Crippen MR) is 38.1 cm³/mol. The summed E-state index contributed by atoms with van der Waals surface area (Å²) in [6.07, 6.45) is 3.80. The second-order valence-electron chi connectivity index (χ2n) is 1.41. The molecule has 0 bridgehead atoms. The second-order valence-corrected chi connectivity index (χ2v) is 2.23. The first-order valence-corrected chi connectivity index (χ1v) is 3.26. The fraction of sp³-hybridized carbons (Fsp3) is 0. The van der Waals surface area contributed by atoms with Gasteiger partial charge >= 0.3 is 0 Å². The van der Waals surface area contributed by atoms with E-state index in [1.165, 1.54) is 0 Å². The van der Waals surface area contributed by atoms with E-state index in [0.717, 1.165) is 5.70 Å². The van der Waals surface area contributed by atoms with Gasteiger partial charge in [-0.05, 0) is 16.9 Å². The summed E-state index contributed by atoms with van der Waals surface area (Å²) >= 11 is 1.64. The van der Waals surface area contributed by atoms with E-state index in [2.05, 4.69) is 11.9 Å². The van der Waals surface area contributed by atoms with Crippen LogP contribution in [0.2, 0.25) is 0 Å². The SMILES string of the molecule is C=C1C=CSC=CN1. The van der Waals surface area contributed by atoms with Crippen molar-refractivity contribution in [2.45, 2.75) is 0 Å². The van der Waals surface area contributed by atoms with E-state index < -0.39 is 0 Å². The highest BCUT2D eigenvalue weighted by Crippen LogP contribution is 2.07. The van der Waals surface area contributed by atoms with E-state index in [-0.39, 0.29) is 0 Å². The van der Waals surface area contributed by atoms with Crippen molar-refractivity contribution >= 4 is 11.8 Å². The molecule has 0 spiro atoms. The lowest BCUT2D eigenvalue weighted by Crippen LogP contribution is -1.97. The predicted octanol–water partition coefficient (Wildman–Crippen LogP) is 1.82. The minimum Gasteiger partial charge on any atom is -0.362 e. The van der Waals surface area contributed by atoms with Gasteiger partial charge in [-0.1, -0.05) is 6.58 Å². The Hall–Kier alpha value is -0.630. The van der Waals surface area contributed by atoms with Crippen molar-refractivity contribution in [1.29, 1.82) is 0 Å². The van der Waals surface area contributed by atoms with Crippen molar-refractivity contribution in [2.24, 2.45) is 0 Å². The largest absolute Gasteiger partial charge is 0.362 e. The van der Waals surface area contributed by atoms with Crippen molar-refractivity contribution in [3.63, 3.8) is 0 Å². The summed E-state index contributed by atoms with van der Waals surface area (Å²) in [6.45, 7) is 3.71. The van der Waals surface area contributed by atoms with Crippen molar-refractivity contribution in [3.8, 4) is 0 Å². The Kier molecular flexibility index (Phi) is 1.80. The Labute approximate surface area is 53.2 Å². The van der Waals surface area contributed by atoms with Crippen molar-refractivity contribution in [2.75, 3.05) is 0 Å². The molecular formula is C6H7NS. The molecular weight excluding hydrogens is 118 g/mol. The van der Waals surface area contributed by atoms with Crippen LogP contribution in [-0.4, -0.2) is 0 Å². The van der Waals surface area contributed by atoms with Crippen molar-refractivity contribution < 1.29 is 0 Å². The maximum Gasteiger partial charge on any atom is 0.0312 e. The van der Waals surface area contributed by atoms with Gasteiger partial charge in [-0.25, -0.2) is 0 Å². The van der Waals surface area contributed by atoms with Gasteiger partial charge in [0.05, 0.1) is 0 Å². The van der Waals surface area contributed by atoms with Crippen molar-refractivity contribution in [3.05, 3.63) is 35.4 Å². The molecule has 1 aliphatic rings. The molecule has 0 saturated carbocycles. The molecule has 0 aliphatic carbocycles. The molecule has 0 aromatic carbocycles. The van der Waals surface area contributed by atoms with Gasteiger partial charge in [0.1, 0.15) is 0 Å². The van der Waals surface area contributed by atoms with Gasteiger partial charge < -0.3 is 5.32 Å². The Morgan fingerprint density at radius 1 is 1.50 bits per heavy atom. The summed E-state index contributed by atoms with van der Waals surface area (Å²) in [4.78, 5) is 0. The molecule has 0 fully saturated rings. The first-order valence-electron chi connectivity index (χ1n) is 2.32. The summed E-state index contributed by atoms with van der Waals surface area (Å²) in [5, 5.41) is 6.91. The quantitative estimate of drug-likeness (QED) is 0.530. The van der Waals surface area contributed by atoms with Gasteiger partial charge in [-0.2, -0.15) is 0 Å². The summed E-state index contributed by atoms with van der Waals surface area (Å²) in [5.41, 5.74) is 0.936. The lowest BCUT2D eigenvalue weighted by Gasteiger charge is -1.91. The van der Waals surface area contributed by atoms with Gasteiger partial charge in [0, 0.05) is 11.9 Å². The molecule has 1 nitrogen and oxygen atoms in total. The maximum absolute atomic E-state index is 3.71. The summed E-state index contributed by atoms with van der Waals surface area (Å²) in [7, 11) is 0. The average molecular weight is 125 g/mol. The van der Waals surface area contributed by atoms with E-state index in [4.69, 9.17) is 0 Å². The molecule has 0 saturated heterocycles. The Morgan fingerprint density at radius 3 is 3.25 bits per heavy atom. The van der Waals surface area contributed by atoms with E-state index in [0.29, 0.717) is 0 Å². The first kappa shape index (κ1) is 5.51. The zero-order valence-corrected chi connectivity index (χ0v) is 5.24. The van der Waals surface area contributed by atoms with Crippen molar-refractivity contribution in [1.82, 2.24) is 5.32 Å². The molecule has 1 heterocycles. The lowest BCUT2D eigenvalue weighted by atomic mass is 10.5. The average Bonchev–Trinajstić information content (AvgIpc) is 1.94. The molecule has 0 unspecified atom stereocenters. The number of thioether (sulfide) groups is 1. The van der Waals surface area contributed by atoms with Crippen LogP contribution < -0.4 is 5.32 Å². The number of hydrogen-bond acceptors (Lipinski definition) is 2. The van der Waals surface area contributed by atoms with E-state index in [1.54, 1.807) is 11.8 Å². The molecule has 1 N–H and O–H groups in total. The van der Waals surface area contributed by atoms with Crippen LogP contribution in [0, 0.1) is 0 Å². The highest BCUT2D eigenvalue weighted by molar-refractivity contribution is 8.04. The second kappa shape index (κ2) is 2.62. The minimum absolute atomic E-state index is 0.936. The number of allylic oxidation sites excluding steroid dienone is 1. The third-order valence-electron chi connectivity index (χ3n) is 0.763. The monoisotopic (exact) mass is 125 g/mol. The summed E-state index contributed by atoms with van der Waals surface area (Å²) < 4.78 is 0. The Morgan fingerprint density at radius 2 is 2.38 bits per heavy atom. The van der Waals surface area contributed by atoms with Gasteiger partial charge in [-0.3, -0.25) is 0 Å². The lowest BCUT2D eigenvalue weighted by molar-refractivity contribution is 1.13. The van der Waals surface area contributed by atoms with E-state index in [1.807, 2.05) is 23.1 Å². The number of nitrogens with one attached hydrogen (secondary N) is 1. The number of hydrogen-bond donors (Lipinski definition) is 1. The van der Waals surface area contributed by atoms with Crippen LogP contribution in [0.5, 0.6) is 0 Å². The third kappa shape index (κ3) is 1.46. The van der Waals surface area contributed by atoms with E-state index >= 15 is 0 Å². The van der Waals surface area contributed by atoms with Crippen LogP contribution in [0.1, 0.15) is 0 Å². The highest BCUT2D eigenvalue weighted by Gasteiger charge is 1.83. The molecule has 2 heteroatoms. The standard InChI is InChI=1S/C6H7NS/c1-6-2-4-8-5-3-7-6/h2-5,7H,1H2. The van der Waals surface area contributed by atoms with Crippen LogP contribution >= 0.6 is 11.8 Å². The zero-order valence-electron chi connectivity index (χ0n) is 4.42. The van der Waals surface area contributed by atoms with Gasteiger partial charge in [0.25, 0.3) is 0 Å². The highest BCUT2D eigenvalue weighted by atomic mass is 32.2. The molecule has 1 rings (SSSR count).